The number of benzene rings is 1. The fraction of sp³-hybridized carbons (Fsp3) is 0.625. The molecule has 2 rings (SSSR count). The molecular weight excluding hydrogens is 309 g/mol. The van der Waals surface area contributed by atoms with E-state index in [0.717, 1.165) is 19.4 Å². The molecule has 0 saturated heterocycles. The van der Waals surface area contributed by atoms with E-state index in [0.29, 0.717) is 22.2 Å². The predicted octanol–water partition coefficient (Wildman–Crippen LogP) is 3.56. The first-order valence-corrected chi connectivity index (χ1v) is 8.26. The summed E-state index contributed by atoms with van der Waals surface area (Å²) in [4.78, 5) is 0. The van der Waals surface area contributed by atoms with Crippen molar-refractivity contribution in [3.63, 3.8) is 0 Å². The lowest BCUT2D eigenvalue weighted by atomic mass is 9.74. The molecule has 1 saturated carbocycles. The molecule has 1 atom stereocenters. The van der Waals surface area contributed by atoms with Crippen molar-refractivity contribution in [2.45, 2.75) is 38.2 Å². The van der Waals surface area contributed by atoms with Gasteiger partial charge in [0.25, 0.3) is 0 Å². The number of aliphatic hydroxyl groups is 2. The average Bonchev–Trinajstić information content (AvgIpc) is 2.50. The minimum Gasteiger partial charge on any atom is -0.396 e. The number of hydrogen-bond donors (Lipinski definition) is 3. The van der Waals surface area contributed by atoms with Gasteiger partial charge in [-0.15, -0.1) is 0 Å². The molecule has 118 valence electrons. The molecule has 0 spiro atoms. The van der Waals surface area contributed by atoms with E-state index < -0.39 is 6.10 Å². The molecule has 0 radical (unpaired) electrons. The normalized spacial score (nSPS) is 19.4. The van der Waals surface area contributed by atoms with Crippen LogP contribution in [0.4, 0.5) is 0 Å². The molecule has 0 aliphatic heterocycles. The lowest BCUT2D eigenvalue weighted by Crippen LogP contribution is -2.40. The summed E-state index contributed by atoms with van der Waals surface area (Å²) in [5.41, 5.74) is 0.606. The van der Waals surface area contributed by atoms with Crippen LogP contribution in [0.1, 0.15) is 43.8 Å². The molecule has 0 heterocycles. The van der Waals surface area contributed by atoms with Gasteiger partial charge in [-0.05, 0) is 31.0 Å². The van der Waals surface area contributed by atoms with Crippen LogP contribution < -0.4 is 5.32 Å². The highest BCUT2D eigenvalue weighted by atomic mass is 35.5. The van der Waals surface area contributed by atoms with Crippen LogP contribution >= 0.6 is 23.2 Å². The molecule has 1 aliphatic rings. The van der Waals surface area contributed by atoms with Crippen molar-refractivity contribution in [3.8, 4) is 0 Å². The monoisotopic (exact) mass is 331 g/mol. The zero-order chi connectivity index (χ0) is 15.3. The Kier molecular flexibility index (Phi) is 6.33. The Bertz CT molecular complexity index is 462. The molecule has 5 heteroatoms. The minimum atomic E-state index is -0.699. The predicted molar refractivity (Wildman–Crippen MR) is 86.9 cm³/mol. The summed E-state index contributed by atoms with van der Waals surface area (Å²) in [6.45, 7) is 1.33. The largest absolute Gasteiger partial charge is 0.396 e. The van der Waals surface area contributed by atoms with Gasteiger partial charge < -0.3 is 15.5 Å². The highest BCUT2D eigenvalue weighted by Crippen LogP contribution is 2.35. The summed E-state index contributed by atoms with van der Waals surface area (Å²) in [6, 6.07) is 5.09. The molecule has 1 aromatic rings. The van der Waals surface area contributed by atoms with Crippen molar-refractivity contribution in [1.82, 2.24) is 5.32 Å². The van der Waals surface area contributed by atoms with Gasteiger partial charge in [-0.25, -0.2) is 0 Å². The first-order valence-electron chi connectivity index (χ1n) is 7.51. The van der Waals surface area contributed by atoms with E-state index in [2.05, 4.69) is 5.32 Å². The van der Waals surface area contributed by atoms with E-state index in [-0.39, 0.29) is 12.0 Å². The second kappa shape index (κ2) is 7.80. The molecule has 3 N–H and O–H groups in total. The van der Waals surface area contributed by atoms with Crippen LogP contribution in [0, 0.1) is 5.41 Å². The molecule has 1 aromatic carbocycles. The highest BCUT2D eigenvalue weighted by Gasteiger charge is 2.31. The average molecular weight is 332 g/mol. The van der Waals surface area contributed by atoms with Gasteiger partial charge in [0.15, 0.2) is 0 Å². The van der Waals surface area contributed by atoms with Gasteiger partial charge in [0.2, 0.25) is 0 Å². The molecule has 3 nitrogen and oxygen atoms in total. The number of aliphatic hydroxyl groups excluding tert-OH is 2. The Balaban J connectivity index is 1.88. The van der Waals surface area contributed by atoms with Crippen molar-refractivity contribution in [1.29, 1.82) is 0 Å². The molecular formula is C16H23Cl2NO2. The number of halogens is 2. The first-order chi connectivity index (χ1) is 10.1. The lowest BCUT2D eigenvalue weighted by Gasteiger charge is -2.36. The van der Waals surface area contributed by atoms with E-state index in [1.165, 1.54) is 19.3 Å². The van der Waals surface area contributed by atoms with Crippen LogP contribution in [0.2, 0.25) is 10.0 Å². The maximum Gasteiger partial charge on any atom is 0.0929 e. The summed E-state index contributed by atoms with van der Waals surface area (Å²) in [6.07, 6.45) is 4.99. The third kappa shape index (κ3) is 4.57. The van der Waals surface area contributed by atoms with Crippen LogP contribution in [0.25, 0.3) is 0 Å². The summed E-state index contributed by atoms with van der Waals surface area (Å²) < 4.78 is 0. The van der Waals surface area contributed by atoms with Crippen molar-refractivity contribution < 1.29 is 10.2 Å². The summed E-state index contributed by atoms with van der Waals surface area (Å²) in [7, 11) is 0. The van der Waals surface area contributed by atoms with Gasteiger partial charge in [0.05, 0.1) is 6.10 Å². The van der Waals surface area contributed by atoms with Crippen molar-refractivity contribution in [2.75, 3.05) is 19.7 Å². The quantitative estimate of drug-likeness (QED) is 0.747. The summed E-state index contributed by atoms with van der Waals surface area (Å²) >= 11 is 12.0. The van der Waals surface area contributed by atoms with Crippen LogP contribution in [0.3, 0.4) is 0 Å². The lowest BCUT2D eigenvalue weighted by molar-refractivity contribution is 0.0757. The highest BCUT2D eigenvalue weighted by molar-refractivity contribution is 6.33. The second-order valence-electron chi connectivity index (χ2n) is 6.03. The maximum atomic E-state index is 10.2. The fourth-order valence-electron chi connectivity index (χ4n) is 3.05. The van der Waals surface area contributed by atoms with Gasteiger partial charge in [-0.2, -0.15) is 0 Å². The van der Waals surface area contributed by atoms with Gasteiger partial charge in [0.1, 0.15) is 0 Å². The zero-order valence-corrected chi connectivity index (χ0v) is 13.6. The molecule has 1 aliphatic carbocycles. The Labute approximate surface area is 136 Å². The molecule has 1 unspecified atom stereocenters. The molecule has 1 fully saturated rings. The Hall–Kier alpha value is -0.320. The summed E-state index contributed by atoms with van der Waals surface area (Å²) in [5, 5.41) is 24.3. The van der Waals surface area contributed by atoms with E-state index in [1.807, 2.05) is 0 Å². The maximum absolute atomic E-state index is 10.2. The SMILES string of the molecule is OCC1(CNCC(O)c2cc(Cl)ccc2Cl)CCCCC1. The Morgan fingerprint density at radius 1 is 1.19 bits per heavy atom. The van der Waals surface area contributed by atoms with Crippen LogP contribution in [-0.2, 0) is 0 Å². The standard InChI is InChI=1S/C16H23Cl2NO2/c17-12-4-5-14(18)13(8-12)15(21)9-19-10-16(11-20)6-2-1-3-7-16/h4-5,8,15,19-21H,1-3,6-7,9-11H2. The van der Waals surface area contributed by atoms with Gasteiger partial charge >= 0.3 is 0 Å². The van der Waals surface area contributed by atoms with Gasteiger partial charge in [0, 0.05) is 40.7 Å². The van der Waals surface area contributed by atoms with Gasteiger partial charge in [-0.3, -0.25) is 0 Å². The number of rotatable bonds is 6. The Morgan fingerprint density at radius 2 is 1.90 bits per heavy atom. The van der Waals surface area contributed by atoms with Crippen molar-refractivity contribution >= 4 is 23.2 Å². The van der Waals surface area contributed by atoms with Crippen molar-refractivity contribution in [2.24, 2.45) is 5.41 Å². The van der Waals surface area contributed by atoms with Crippen LogP contribution in [0.5, 0.6) is 0 Å². The molecule has 21 heavy (non-hydrogen) atoms. The molecule has 0 amide bonds. The Morgan fingerprint density at radius 3 is 2.57 bits per heavy atom. The summed E-state index contributed by atoms with van der Waals surface area (Å²) in [5.74, 6) is 0. The smallest absolute Gasteiger partial charge is 0.0929 e. The molecule has 0 aromatic heterocycles. The zero-order valence-electron chi connectivity index (χ0n) is 12.1. The van der Waals surface area contributed by atoms with Crippen LogP contribution in [0.15, 0.2) is 18.2 Å². The fourth-order valence-corrected chi connectivity index (χ4v) is 3.47. The molecule has 0 bridgehead atoms. The third-order valence-corrected chi connectivity index (χ3v) is 4.98. The topological polar surface area (TPSA) is 52.5 Å². The third-order valence-electron chi connectivity index (χ3n) is 4.40. The van der Waals surface area contributed by atoms with E-state index in [4.69, 9.17) is 23.2 Å². The van der Waals surface area contributed by atoms with Crippen LogP contribution in [-0.4, -0.2) is 29.9 Å². The number of hydrogen-bond acceptors (Lipinski definition) is 3. The van der Waals surface area contributed by atoms with E-state index in [9.17, 15) is 10.2 Å². The number of nitrogens with one attached hydrogen (secondary N) is 1. The van der Waals surface area contributed by atoms with Gasteiger partial charge in [-0.1, -0.05) is 42.5 Å². The second-order valence-corrected chi connectivity index (χ2v) is 6.87. The van der Waals surface area contributed by atoms with Crippen molar-refractivity contribution in [3.05, 3.63) is 33.8 Å². The first kappa shape index (κ1) is 17.0. The van der Waals surface area contributed by atoms with E-state index in [1.54, 1.807) is 18.2 Å². The minimum absolute atomic E-state index is 0.0316. The van der Waals surface area contributed by atoms with E-state index >= 15 is 0 Å².